The molecule has 0 aliphatic heterocycles. The molecule has 3 aliphatic rings. The first kappa shape index (κ1) is 14.4. The van der Waals surface area contributed by atoms with E-state index in [9.17, 15) is 14.0 Å². The molecule has 0 N–H and O–H groups in total. The van der Waals surface area contributed by atoms with Crippen LogP contribution in [-0.4, -0.2) is 12.3 Å². The lowest BCUT2D eigenvalue weighted by atomic mass is 9.72. The number of hydrogen-bond donors (Lipinski definition) is 0. The molecular formula is C20H17F2N. The van der Waals surface area contributed by atoms with Crippen LogP contribution in [0.25, 0.3) is 6.08 Å². The highest BCUT2D eigenvalue weighted by molar-refractivity contribution is 5.67. The normalized spacial score (nSPS) is 28.9. The monoisotopic (exact) mass is 309 g/mol. The van der Waals surface area contributed by atoms with E-state index in [0.717, 1.165) is 29.5 Å². The fourth-order valence-corrected chi connectivity index (χ4v) is 4.11. The fourth-order valence-electron chi connectivity index (χ4n) is 4.11. The van der Waals surface area contributed by atoms with Gasteiger partial charge in [0.15, 0.2) is 0 Å². The van der Waals surface area contributed by atoms with Crippen molar-refractivity contribution >= 4 is 6.08 Å². The number of nitriles is 1. The predicted octanol–water partition coefficient (Wildman–Crippen LogP) is 4.96. The third-order valence-electron chi connectivity index (χ3n) is 5.17. The smallest absolute Gasteiger partial charge is 0.131 e. The van der Waals surface area contributed by atoms with E-state index in [1.165, 1.54) is 11.6 Å². The average molecular weight is 309 g/mol. The lowest BCUT2D eigenvalue weighted by Crippen LogP contribution is -2.26. The van der Waals surface area contributed by atoms with Gasteiger partial charge in [-0.2, -0.15) is 5.26 Å². The van der Waals surface area contributed by atoms with Gasteiger partial charge in [0.1, 0.15) is 12.3 Å². The molecule has 0 amide bonds. The number of fused-ring (bicyclic) bond motifs is 2. The quantitative estimate of drug-likeness (QED) is 0.719. The number of halogens is 2. The van der Waals surface area contributed by atoms with Crippen molar-refractivity contribution in [2.45, 2.75) is 43.9 Å². The van der Waals surface area contributed by atoms with Crippen LogP contribution in [0.1, 0.15) is 41.9 Å². The van der Waals surface area contributed by atoms with Crippen LogP contribution in [0.3, 0.4) is 0 Å². The molecule has 3 heteroatoms. The second-order valence-corrected chi connectivity index (χ2v) is 6.43. The second kappa shape index (κ2) is 5.45. The topological polar surface area (TPSA) is 23.8 Å². The summed E-state index contributed by atoms with van der Waals surface area (Å²) < 4.78 is 29.1. The van der Waals surface area contributed by atoms with Gasteiger partial charge in [0.2, 0.25) is 0 Å². The molecular weight excluding hydrogens is 292 g/mol. The summed E-state index contributed by atoms with van der Waals surface area (Å²) in [5.41, 5.74) is 4.62. The Balaban J connectivity index is 1.87. The Labute approximate surface area is 134 Å². The number of benzene rings is 1. The van der Waals surface area contributed by atoms with Gasteiger partial charge < -0.3 is 0 Å². The van der Waals surface area contributed by atoms with Crippen molar-refractivity contribution in [1.29, 1.82) is 5.26 Å². The van der Waals surface area contributed by atoms with Crippen LogP contribution in [0.4, 0.5) is 8.78 Å². The Morgan fingerprint density at radius 3 is 2.91 bits per heavy atom. The van der Waals surface area contributed by atoms with Gasteiger partial charge in [0.05, 0.1) is 12.0 Å². The highest BCUT2D eigenvalue weighted by Crippen LogP contribution is 2.46. The number of allylic oxidation sites excluding steroid dienone is 5. The van der Waals surface area contributed by atoms with E-state index >= 15 is 0 Å². The summed E-state index contributed by atoms with van der Waals surface area (Å²) in [6.45, 7) is 0. The molecule has 4 rings (SSSR count). The van der Waals surface area contributed by atoms with E-state index in [1.807, 2.05) is 24.3 Å². The van der Waals surface area contributed by atoms with Crippen molar-refractivity contribution in [2.75, 3.05) is 0 Å². The van der Waals surface area contributed by atoms with Gasteiger partial charge in [-0.1, -0.05) is 30.4 Å². The molecule has 1 saturated carbocycles. The molecule has 0 aromatic heterocycles. The minimum atomic E-state index is -1.35. The first-order valence-corrected chi connectivity index (χ1v) is 8.12. The van der Waals surface area contributed by atoms with Crippen LogP contribution in [-0.2, 0) is 6.42 Å². The van der Waals surface area contributed by atoms with Crippen LogP contribution in [0, 0.1) is 11.3 Å². The van der Waals surface area contributed by atoms with Crippen molar-refractivity contribution in [3.05, 3.63) is 63.8 Å². The number of nitrogens with zero attached hydrogens (tertiary/aromatic N) is 1. The molecule has 23 heavy (non-hydrogen) atoms. The van der Waals surface area contributed by atoms with Gasteiger partial charge in [0.25, 0.3) is 0 Å². The summed E-state index contributed by atoms with van der Waals surface area (Å²) in [6.07, 6.45) is 5.66. The van der Waals surface area contributed by atoms with E-state index in [1.54, 1.807) is 0 Å². The third kappa shape index (κ3) is 2.16. The lowest BCUT2D eigenvalue weighted by Gasteiger charge is -2.33. The largest absolute Gasteiger partial charge is 0.242 e. The standard InChI is InChI=1S/C20H17F2N/c21-18-9-3-7-14-16(18)10-19(22)20(17(14)11-23)15-8-2-5-12-4-1-6-13(12)15/h1-2,5-6,8,10,18-20H,3-4,7,9H2. The highest BCUT2D eigenvalue weighted by Gasteiger charge is 2.38. The number of hydrogen-bond acceptors (Lipinski definition) is 1. The molecule has 0 spiro atoms. The van der Waals surface area contributed by atoms with Gasteiger partial charge >= 0.3 is 0 Å². The number of rotatable bonds is 1. The van der Waals surface area contributed by atoms with Crippen LogP contribution in [0.2, 0.25) is 0 Å². The minimum absolute atomic E-state index is 0.416. The SMILES string of the molecule is N#CC1=C2CCCC(F)C2=CC(F)C1c1cccc2c1C=CC2. The van der Waals surface area contributed by atoms with Gasteiger partial charge in [-0.3, -0.25) is 0 Å². The first-order chi connectivity index (χ1) is 11.2. The Morgan fingerprint density at radius 2 is 2.09 bits per heavy atom. The van der Waals surface area contributed by atoms with Crippen LogP contribution < -0.4 is 0 Å². The molecule has 0 radical (unpaired) electrons. The Morgan fingerprint density at radius 1 is 1.22 bits per heavy atom. The van der Waals surface area contributed by atoms with Gasteiger partial charge in [-0.05, 0) is 59.6 Å². The van der Waals surface area contributed by atoms with Crippen LogP contribution in [0.15, 0.2) is 47.1 Å². The number of alkyl halides is 2. The molecule has 1 fully saturated rings. The maximum Gasteiger partial charge on any atom is 0.131 e. The van der Waals surface area contributed by atoms with Crippen LogP contribution >= 0.6 is 0 Å². The Bertz CT molecular complexity index is 794. The zero-order valence-corrected chi connectivity index (χ0v) is 12.7. The Kier molecular flexibility index (Phi) is 3.41. The van der Waals surface area contributed by atoms with Crippen molar-refractivity contribution in [3.63, 3.8) is 0 Å². The maximum atomic E-state index is 14.9. The van der Waals surface area contributed by atoms with Crippen LogP contribution in [0.5, 0.6) is 0 Å². The molecule has 3 aliphatic carbocycles. The summed E-state index contributed by atoms with van der Waals surface area (Å²) in [6, 6.07) is 8.06. The highest BCUT2D eigenvalue weighted by atomic mass is 19.1. The predicted molar refractivity (Wildman–Crippen MR) is 86.3 cm³/mol. The van der Waals surface area contributed by atoms with Crippen molar-refractivity contribution in [1.82, 2.24) is 0 Å². The van der Waals surface area contributed by atoms with E-state index in [0.29, 0.717) is 24.0 Å². The van der Waals surface area contributed by atoms with Gasteiger partial charge in [0, 0.05) is 5.57 Å². The van der Waals surface area contributed by atoms with Gasteiger partial charge in [-0.15, -0.1) is 0 Å². The fraction of sp³-hybridized carbons (Fsp3) is 0.350. The van der Waals surface area contributed by atoms with Crippen molar-refractivity contribution in [3.8, 4) is 6.07 Å². The van der Waals surface area contributed by atoms with Crippen molar-refractivity contribution in [2.24, 2.45) is 0 Å². The Hall–Kier alpha value is -2.21. The first-order valence-electron chi connectivity index (χ1n) is 8.12. The molecule has 1 nitrogen and oxygen atoms in total. The summed E-state index contributed by atoms with van der Waals surface area (Å²) in [5.74, 6) is -0.609. The summed E-state index contributed by atoms with van der Waals surface area (Å²) >= 11 is 0. The average Bonchev–Trinajstić information content (AvgIpc) is 3.03. The zero-order valence-electron chi connectivity index (χ0n) is 12.7. The molecule has 3 atom stereocenters. The molecule has 0 heterocycles. The minimum Gasteiger partial charge on any atom is -0.242 e. The molecule has 1 aromatic rings. The lowest BCUT2D eigenvalue weighted by molar-refractivity contribution is 0.313. The maximum absolute atomic E-state index is 14.9. The molecule has 3 unspecified atom stereocenters. The van der Waals surface area contributed by atoms with E-state index in [2.05, 4.69) is 12.1 Å². The van der Waals surface area contributed by atoms with E-state index in [-0.39, 0.29) is 0 Å². The molecule has 1 aromatic carbocycles. The molecule has 0 bridgehead atoms. The molecule has 116 valence electrons. The van der Waals surface area contributed by atoms with Gasteiger partial charge in [-0.25, -0.2) is 8.78 Å². The molecule has 0 saturated heterocycles. The van der Waals surface area contributed by atoms with E-state index < -0.39 is 18.3 Å². The zero-order chi connectivity index (χ0) is 16.0. The summed E-state index contributed by atoms with van der Waals surface area (Å²) in [4.78, 5) is 0. The third-order valence-corrected chi connectivity index (χ3v) is 5.17. The second-order valence-electron chi connectivity index (χ2n) is 6.43. The summed E-state index contributed by atoms with van der Waals surface area (Å²) in [5, 5.41) is 9.67. The van der Waals surface area contributed by atoms with E-state index in [4.69, 9.17) is 0 Å². The summed E-state index contributed by atoms with van der Waals surface area (Å²) in [7, 11) is 0. The van der Waals surface area contributed by atoms with Crippen molar-refractivity contribution < 1.29 is 8.78 Å².